The number of hydrogen-bond donors (Lipinski definition) is 3. The fraction of sp³-hybridized carbons (Fsp3) is 0.385. The number of nitrogens with one attached hydrogen (secondary N) is 3. The summed E-state index contributed by atoms with van der Waals surface area (Å²) in [7, 11) is 0. The van der Waals surface area contributed by atoms with E-state index in [-0.39, 0.29) is 24.5 Å². The van der Waals surface area contributed by atoms with Gasteiger partial charge >= 0.3 is 0 Å². The van der Waals surface area contributed by atoms with E-state index in [9.17, 15) is 9.59 Å². The fourth-order valence-electron chi connectivity index (χ4n) is 2.30. The molecule has 1 aromatic carbocycles. The number of hydrogen-bond acceptors (Lipinski definition) is 4. The van der Waals surface area contributed by atoms with Crippen molar-refractivity contribution in [3.63, 3.8) is 0 Å². The minimum absolute atomic E-state index is 0.0324. The van der Waals surface area contributed by atoms with Gasteiger partial charge in [0.15, 0.2) is 6.61 Å². The van der Waals surface area contributed by atoms with Crippen LogP contribution in [-0.2, 0) is 9.59 Å². The van der Waals surface area contributed by atoms with Crippen LogP contribution in [-0.4, -0.2) is 31.0 Å². The first-order valence-corrected chi connectivity index (χ1v) is 6.33. The summed E-state index contributed by atoms with van der Waals surface area (Å²) in [5.41, 5.74) is 1.25. The van der Waals surface area contributed by atoms with Crippen molar-refractivity contribution in [2.75, 3.05) is 23.8 Å². The third-order valence-electron chi connectivity index (χ3n) is 3.26. The van der Waals surface area contributed by atoms with Crippen LogP contribution in [0.25, 0.3) is 0 Å². The van der Waals surface area contributed by atoms with E-state index in [0.717, 1.165) is 19.4 Å². The van der Waals surface area contributed by atoms with Gasteiger partial charge in [0, 0.05) is 5.69 Å². The molecular weight excluding hydrogens is 246 g/mol. The molecule has 2 heterocycles. The molecule has 0 unspecified atom stereocenters. The lowest BCUT2D eigenvalue weighted by Gasteiger charge is -2.19. The van der Waals surface area contributed by atoms with E-state index in [1.54, 1.807) is 18.2 Å². The van der Waals surface area contributed by atoms with Crippen molar-refractivity contribution in [1.82, 2.24) is 5.32 Å². The van der Waals surface area contributed by atoms with Crippen molar-refractivity contribution in [3.05, 3.63) is 18.2 Å². The average molecular weight is 261 g/mol. The third kappa shape index (κ3) is 2.53. The van der Waals surface area contributed by atoms with Crippen molar-refractivity contribution < 1.29 is 14.3 Å². The summed E-state index contributed by atoms with van der Waals surface area (Å²) in [4.78, 5) is 23.2. The summed E-state index contributed by atoms with van der Waals surface area (Å²) in [5.74, 6) is 0.394. The van der Waals surface area contributed by atoms with Gasteiger partial charge in [0.2, 0.25) is 5.91 Å². The summed E-state index contributed by atoms with van der Waals surface area (Å²) in [6.07, 6.45) is 1.88. The Morgan fingerprint density at radius 3 is 3.11 bits per heavy atom. The summed E-state index contributed by atoms with van der Waals surface area (Å²) < 4.78 is 5.26. The van der Waals surface area contributed by atoms with Crippen molar-refractivity contribution in [3.8, 4) is 5.75 Å². The zero-order valence-electron chi connectivity index (χ0n) is 10.4. The van der Waals surface area contributed by atoms with Gasteiger partial charge in [-0.1, -0.05) is 0 Å². The van der Waals surface area contributed by atoms with Crippen LogP contribution in [0, 0.1) is 0 Å². The minimum Gasteiger partial charge on any atom is -0.482 e. The molecule has 1 aromatic rings. The minimum atomic E-state index is -0.187. The molecule has 0 saturated carbocycles. The Kier molecular flexibility index (Phi) is 3.08. The van der Waals surface area contributed by atoms with E-state index >= 15 is 0 Å². The number of benzene rings is 1. The molecule has 19 heavy (non-hydrogen) atoms. The molecule has 0 bridgehead atoms. The van der Waals surface area contributed by atoms with Crippen molar-refractivity contribution in [1.29, 1.82) is 0 Å². The van der Waals surface area contributed by atoms with Crippen LogP contribution in [0.2, 0.25) is 0 Å². The molecule has 0 aromatic heterocycles. The quantitative estimate of drug-likeness (QED) is 0.732. The van der Waals surface area contributed by atoms with Gasteiger partial charge in [-0.3, -0.25) is 9.59 Å². The Balaban J connectivity index is 1.73. The maximum Gasteiger partial charge on any atom is 0.262 e. The number of amides is 2. The van der Waals surface area contributed by atoms with E-state index < -0.39 is 0 Å². The van der Waals surface area contributed by atoms with Crippen LogP contribution in [0.5, 0.6) is 5.75 Å². The Labute approximate surface area is 110 Å². The first-order chi connectivity index (χ1) is 9.22. The van der Waals surface area contributed by atoms with Crippen LogP contribution in [0.15, 0.2) is 18.2 Å². The van der Waals surface area contributed by atoms with E-state index in [4.69, 9.17) is 4.74 Å². The van der Waals surface area contributed by atoms with Gasteiger partial charge in [-0.05, 0) is 37.6 Å². The SMILES string of the molecule is O=C1COc2ccc(NC(=O)[C@H]3CCCN3)cc2N1. The molecule has 2 amide bonds. The lowest BCUT2D eigenvalue weighted by Crippen LogP contribution is -2.35. The van der Waals surface area contributed by atoms with Gasteiger partial charge in [-0.15, -0.1) is 0 Å². The summed E-state index contributed by atoms with van der Waals surface area (Å²) in [5, 5.41) is 8.69. The molecule has 3 rings (SSSR count). The van der Waals surface area contributed by atoms with Gasteiger partial charge in [0.1, 0.15) is 5.75 Å². The number of fused-ring (bicyclic) bond motifs is 1. The van der Waals surface area contributed by atoms with Gasteiger partial charge in [0.25, 0.3) is 5.91 Å². The smallest absolute Gasteiger partial charge is 0.262 e. The predicted molar refractivity (Wildman–Crippen MR) is 70.2 cm³/mol. The highest BCUT2D eigenvalue weighted by Crippen LogP contribution is 2.30. The highest BCUT2D eigenvalue weighted by Gasteiger charge is 2.22. The van der Waals surface area contributed by atoms with E-state index in [2.05, 4.69) is 16.0 Å². The molecule has 1 fully saturated rings. The monoisotopic (exact) mass is 261 g/mol. The summed E-state index contributed by atoms with van der Waals surface area (Å²) in [6, 6.07) is 5.09. The number of anilines is 2. The predicted octanol–water partition coefficient (Wildman–Crippen LogP) is 0.708. The first kappa shape index (κ1) is 12.0. The maximum atomic E-state index is 12.0. The Bertz CT molecular complexity index is 524. The zero-order valence-corrected chi connectivity index (χ0v) is 10.4. The molecule has 2 aliphatic heterocycles. The molecule has 3 N–H and O–H groups in total. The lowest BCUT2D eigenvalue weighted by atomic mass is 10.2. The standard InChI is InChI=1S/C13H15N3O3/c17-12-7-19-11-4-3-8(6-10(11)16-12)15-13(18)9-2-1-5-14-9/h3-4,6,9,14H,1-2,5,7H2,(H,15,18)(H,16,17)/t9-/m1/s1. The van der Waals surface area contributed by atoms with E-state index in [1.165, 1.54) is 0 Å². The largest absolute Gasteiger partial charge is 0.482 e. The topological polar surface area (TPSA) is 79.5 Å². The van der Waals surface area contributed by atoms with Crippen LogP contribution >= 0.6 is 0 Å². The normalized spacial score (nSPS) is 21.3. The van der Waals surface area contributed by atoms with Gasteiger partial charge in [0.05, 0.1) is 11.7 Å². The molecule has 1 saturated heterocycles. The van der Waals surface area contributed by atoms with Crippen LogP contribution in [0.3, 0.4) is 0 Å². The molecule has 6 nitrogen and oxygen atoms in total. The van der Waals surface area contributed by atoms with E-state index in [1.807, 2.05) is 0 Å². The molecular formula is C13H15N3O3. The van der Waals surface area contributed by atoms with Crippen LogP contribution < -0.4 is 20.7 Å². The second-order valence-electron chi connectivity index (χ2n) is 4.69. The maximum absolute atomic E-state index is 12.0. The second kappa shape index (κ2) is 4.89. The van der Waals surface area contributed by atoms with Crippen molar-refractivity contribution in [2.45, 2.75) is 18.9 Å². The second-order valence-corrected chi connectivity index (χ2v) is 4.69. The Morgan fingerprint density at radius 1 is 1.42 bits per heavy atom. The molecule has 6 heteroatoms. The van der Waals surface area contributed by atoms with Crippen molar-refractivity contribution >= 4 is 23.2 Å². The molecule has 0 aliphatic carbocycles. The number of carbonyl (C=O) groups excluding carboxylic acids is 2. The average Bonchev–Trinajstić information content (AvgIpc) is 2.92. The Morgan fingerprint density at radius 2 is 2.32 bits per heavy atom. The van der Waals surface area contributed by atoms with E-state index in [0.29, 0.717) is 17.1 Å². The fourth-order valence-corrected chi connectivity index (χ4v) is 2.30. The lowest BCUT2D eigenvalue weighted by molar-refractivity contribution is -0.119. The molecule has 1 atom stereocenters. The van der Waals surface area contributed by atoms with Crippen molar-refractivity contribution in [2.24, 2.45) is 0 Å². The Hall–Kier alpha value is -2.08. The highest BCUT2D eigenvalue weighted by atomic mass is 16.5. The summed E-state index contributed by atoms with van der Waals surface area (Å²) >= 11 is 0. The molecule has 2 aliphatic rings. The van der Waals surface area contributed by atoms with Gasteiger partial charge in [-0.2, -0.15) is 0 Å². The zero-order chi connectivity index (χ0) is 13.2. The first-order valence-electron chi connectivity index (χ1n) is 6.33. The molecule has 0 radical (unpaired) electrons. The van der Waals surface area contributed by atoms with Crippen LogP contribution in [0.1, 0.15) is 12.8 Å². The number of rotatable bonds is 2. The highest BCUT2D eigenvalue weighted by molar-refractivity contribution is 5.98. The van der Waals surface area contributed by atoms with Gasteiger partial charge < -0.3 is 20.7 Å². The summed E-state index contributed by atoms with van der Waals surface area (Å²) in [6.45, 7) is 0.914. The van der Waals surface area contributed by atoms with Gasteiger partial charge in [-0.25, -0.2) is 0 Å². The number of ether oxygens (including phenoxy) is 1. The van der Waals surface area contributed by atoms with Crippen LogP contribution in [0.4, 0.5) is 11.4 Å². The third-order valence-corrected chi connectivity index (χ3v) is 3.26. The number of carbonyl (C=O) groups is 2. The molecule has 100 valence electrons. The molecule has 0 spiro atoms.